The number of aldehydes is 1. The van der Waals surface area contributed by atoms with Crippen molar-refractivity contribution in [3.63, 3.8) is 0 Å². The van der Waals surface area contributed by atoms with Crippen LogP contribution in [0.2, 0.25) is 0 Å². The topological polar surface area (TPSA) is 142 Å². The second-order valence-electron chi connectivity index (χ2n) is 10.4. The van der Waals surface area contributed by atoms with Gasteiger partial charge in [-0.05, 0) is 42.7 Å². The minimum atomic E-state index is -1.24. The van der Waals surface area contributed by atoms with Crippen molar-refractivity contribution in [1.29, 1.82) is 0 Å². The van der Waals surface area contributed by atoms with E-state index in [4.69, 9.17) is 9.84 Å². The van der Waals surface area contributed by atoms with E-state index >= 15 is 0 Å². The van der Waals surface area contributed by atoms with Crippen LogP contribution in [-0.4, -0.2) is 71.3 Å². The van der Waals surface area contributed by atoms with Crippen molar-refractivity contribution in [1.82, 2.24) is 15.5 Å². The lowest BCUT2D eigenvalue weighted by Gasteiger charge is -2.40. The number of aliphatic carboxylic acids is 1. The van der Waals surface area contributed by atoms with Gasteiger partial charge in [-0.25, -0.2) is 4.39 Å². The Morgan fingerprint density at radius 2 is 1.92 bits per heavy atom. The number of benzene rings is 1. The Balaban J connectivity index is 1.86. The maximum absolute atomic E-state index is 14.7. The summed E-state index contributed by atoms with van der Waals surface area (Å²) in [6, 6.07) is 0.676. The highest BCUT2D eigenvalue weighted by Gasteiger charge is 2.53. The summed E-state index contributed by atoms with van der Waals surface area (Å²) in [4.78, 5) is 63.7. The Labute approximate surface area is 208 Å². The quantitative estimate of drug-likeness (QED) is 0.432. The molecule has 196 valence electrons. The summed E-state index contributed by atoms with van der Waals surface area (Å²) >= 11 is 0. The monoisotopic (exact) mass is 505 g/mol. The molecule has 3 amide bonds. The minimum absolute atomic E-state index is 0.110. The molecule has 36 heavy (non-hydrogen) atoms. The minimum Gasteiger partial charge on any atom is -0.494 e. The highest BCUT2D eigenvalue weighted by atomic mass is 19.1. The molecular formula is C25H32FN3O7. The van der Waals surface area contributed by atoms with Crippen LogP contribution < -0.4 is 15.4 Å². The zero-order valence-corrected chi connectivity index (χ0v) is 20.7. The lowest BCUT2D eigenvalue weighted by Crippen LogP contribution is -2.61. The molecule has 2 fully saturated rings. The first-order valence-corrected chi connectivity index (χ1v) is 11.8. The van der Waals surface area contributed by atoms with Gasteiger partial charge in [0.1, 0.15) is 18.4 Å². The van der Waals surface area contributed by atoms with Crippen molar-refractivity contribution in [2.75, 3.05) is 7.11 Å². The van der Waals surface area contributed by atoms with Gasteiger partial charge in [0.25, 0.3) is 5.91 Å². The number of carboxylic acids is 1. The van der Waals surface area contributed by atoms with Crippen molar-refractivity contribution >= 4 is 30.0 Å². The lowest BCUT2D eigenvalue weighted by atomic mass is 9.84. The van der Waals surface area contributed by atoms with E-state index in [1.807, 2.05) is 0 Å². The lowest BCUT2D eigenvalue weighted by molar-refractivity contribution is -0.147. The number of hydrogen-bond donors (Lipinski definition) is 3. The molecule has 1 aliphatic heterocycles. The van der Waals surface area contributed by atoms with Crippen LogP contribution in [0.15, 0.2) is 18.2 Å². The van der Waals surface area contributed by atoms with E-state index in [-0.39, 0.29) is 23.3 Å². The van der Waals surface area contributed by atoms with E-state index in [0.717, 1.165) is 0 Å². The van der Waals surface area contributed by atoms with Crippen molar-refractivity contribution < 1.29 is 38.2 Å². The molecule has 1 saturated carbocycles. The Hall–Kier alpha value is -3.50. The number of methoxy groups -OCH3 is 1. The summed E-state index contributed by atoms with van der Waals surface area (Å²) in [6.07, 6.45) is 1.76. The SMILES string of the molecule is COc1cccc(C(=O)NC(C(=O)N2C3CC[C@@H](C3)[C@H]2C(=O)N[C@H](C=O)CC(=O)O)C(C)(C)C)c1F. The molecule has 0 aromatic heterocycles. The number of piperidine rings is 1. The van der Waals surface area contributed by atoms with E-state index < -0.39 is 59.5 Å². The normalized spacial score (nSPS) is 22.5. The fourth-order valence-electron chi connectivity index (χ4n) is 5.08. The van der Waals surface area contributed by atoms with Crippen molar-refractivity contribution in [2.45, 2.75) is 70.6 Å². The Morgan fingerprint density at radius 1 is 1.22 bits per heavy atom. The number of nitrogens with zero attached hydrogens (tertiary/aromatic N) is 1. The smallest absolute Gasteiger partial charge is 0.305 e. The van der Waals surface area contributed by atoms with Gasteiger partial charge >= 0.3 is 5.97 Å². The number of carboxylic acid groups (broad SMARTS) is 1. The molecular weight excluding hydrogens is 473 g/mol. The van der Waals surface area contributed by atoms with Gasteiger partial charge in [0.15, 0.2) is 11.6 Å². The number of carbonyl (C=O) groups is 5. The van der Waals surface area contributed by atoms with E-state index in [0.29, 0.717) is 25.5 Å². The number of amides is 3. The zero-order valence-electron chi connectivity index (χ0n) is 20.7. The second-order valence-corrected chi connectivity index (χ2v) is 10.4. The van der Waals surface area contributed by atoms with E-state index in [9.17, 15) is 28.4 Å². The number of nitrogens with one attached hydrogen (secondary N) is 2. The van der Waals surface area contributed by atoms with E-state index in [1.165, 1.54) is 30.2 Å². The predicted molar refractivity (Wildman–Crippen MR) is 126 cm³/mol. The van der Waals surface area contributed by atoms with Gasteiger partial charge in [-0.2, -0.15) is 0 Å². The summed E-state index contributed by atoms with van der Waals surface area (Å²) in [5.74, 6) is -4.25. The van der Waals surface area contributed by atoms with Gasteiger partial charge in [-0.1, -0.05) is 26.8 Å². The summed E-state index contributed by atoms with van der Waals surface area (Å²) in [6.45, 7) is 5.24. The third-order valence-electron chi connectivity index (χ3n) is 6.81. The van der Waals surface area contributed by atoms with Crippen LogP contribution in [0, 0.1) is 17.2 Å². The van der Waals surface area contributed by atoms with Gasteiger partial charge in [0, 0.05) is 6.04 Å². The summed E-state index contributed by atoms with van der Waals surface area (Å²) in [7, 11) is 1.28. The van der Waals surface area contributed by atoms with Crippen molar-refractivity contribution in [3.8, 4) is 5.75 Å². The third kappa shape index (κ3) is 5.50. The third-order valence-corrected chi connectivity index (χ3v) is 6.81. The van der Waals surface area contributed by atoms with Crippen LogP contribution in [0.5, 0.6) is 5.75 Å². The largest absolute Gasteiger partial charge is 0.494 e. The van der Waals surface area contributed by atoms with E-state index in [2.05, 4.69) is 10.6 Å². The summed E-state index contributed by atoms with van der Waals surface area (Å²) < 4.78 is 19.6. The van der Waals surface area contributed by atoms with Gasteiger partial charge in [0.05, 0.1) is 25.1 Å². The maximum Gasteiger partial charge on any atom is 0.305 e. The molecule has 0 radical (unpaired) electrons. The number of ether oxygens (including phenoxy) is 1. The Kier molecular flexibility index (Phi) is 8.00. The fourth-order valence-corrected chi connectivity index (χ4v) is 5.08. The fraction of sp³-hybridized carbons (Fsp3) is 0.560. The van der Waals surface area contributed by atoms with Crippen LogP contribution in [0.3, 0.4) is 0 Å². The summed E-state index contributed by atoms with van der Waals surface area (Å²) in [5.41, 5.74) is -1.07. The first-order chi connectivity index (χ1) is 16.9. The first-order valence-electron chi connectivity index (χ1n) is 11.8. The van der Waals surface area contributed by atoms with Crippen LogP contribution >= 0.6 is 0 Å². The van der Waals surface area contributed by atoms with Crippen LogP contribution in [0.1, 0.15) is 56.8 Å². The van der Waals surface area contributed by atoms with Gasteiger partial charge in [-0.15, -0.1) is 0 Å². The predicted octanol–water partition coefficient (Wildman–Crippen LogP) is 1.52. The molecule has 3 N–H and O–H groups in total. The molecule has 5 atom stereocenters. The molecule has 10 nitrogen and oxygen atoms in total. The van der Waals surface area contributed by atoms with Gasteiger partial charge in [0.2, 0.25) is 11.8 Å². The van der Waals surface area contributed by atoms with Crippen molar-refractivity contribution in [2.24, 2.45) is 11.3 Å². The number of carbonyl (C=O) groups excluding carboxylic acids is 4. The Bertz CT molecular complexity index is 1050. The Morgan fingerprint density at radius 3 is 2.50 bits per heavy atom. The summed E-state index contributed by atoms with van der Waals surface area (Å²) in [5, 5.41) is 14.1. The highest BCUT2D eigenvalue weighted by Crippen LogP contribution is 2.43. The molecule has 1 aliphatic carbocycles. The molecule has 11 heteroatoms. The molecule has 1 heterocycles. The maximum atomic E-state index is 14.7. The number of fused-ring (bicyclic) bond motifs is 2. The second kappa shape index (κ2) is 10.6. The molecule has 1 aromatic carbocycles. The molecule has 1 aromatic rings. The number of likely N-dealkylation sites (tertiary alicyclic amines) is 1. The van der Waals surface area contributed by atoms with Crippen LogP contribution in [0.25, 0.3) is 0 Å². The standard InChI is InChI=1S/C25H32FN3O7/c1-25(2,3)21(28-22(33)16-6-5-7-17(36-4)19(16)26)24(35)29-15-9-8-13(10-15)20(29)23(34)27-14(12-30)11-18(31)32/h5-7,12-15,20-21H,8-11H2,1-4H3,(H,27,34)(H,28,33)(H,31,32)/t13-,14-,15?,20-,21?/m0/s1. The van der Waals surface area contributed by atoms with Crippen LogP contribution in [0.4, 0.5) is 4.39 Å². The van der Waals surface area contributed by atoms with Gasteiger partial charge in [-0.3, -0.25) is 19.2 Å². The average Bonchev–Trinajstić information content (AvgIpc) is 3.42. The molecule has 2 aliphatic rings. The highest BCUT2D eigenvalue weighted by molar-refractivity contribution is 5.99. The molecule has 2 unspecified atom stereocenters. The molecule has 1 saturated heterocycles. The molecule has 0 spiro atoms. The molecule has 2 bridgehead atoms. The number of hydrogen-bond acceptors (Lipinski definition) is 6. The van der Waals surface area contributed by atoms with E-state index in [1.54, 1.807) is 20.8 Å². The van der Waals surface area contributed by atoms with Gasteiger partial charge < -0.3 is 30.2 Å². The van der Waals surface area contributed by atoms with Crippen LogP contribution in [-0.2, 0) is 19.2 Å². The zero-order chi connectivity index (χ0) is 26.8. The molecule has 3 rings (SSSR count). The number of halogens is 1. The first kappa shape index (κ1) is 27.1. The van der Waals surface area contributed by atoms with Crippen molar-refractivity contribution in [3.05, 3.63) is 29.6 Å². The number of rotatable bonds is 9. The average molecular weight is 506 g/mol.